The quantitative estimate of drug-likeness (QED) is 0.441. The molecule has 1 saturated carbocycles. The third-order valence-electron chi connectivity index (χ3n) is 4.82. The van der Waals surface area contributed by atoms with Crippen LogP contribution in [0.4, 0.5) is 5.69 Å². The van der Waals surface area contributed by atoms with Crippen LogP contribution in [0.25, 0.3) is 11.3 Å². The predicted octanol–water partition coefficient (Wildman–Crippen LogP) is 3.71. The summed E-state index contributed by atoms with van der Waals surface area (Å²) in [7, 11) is 0. The molecule has 1 aliphatic carbocycles. The summed E-state index contributed by atoms with van der Waals surface area (Å²) >= 11 is 0. The first-order chi connectivity index (χ1) is 13.5. The number of nitro groups is 1. The van der Waals surface area contributed by atoms with Crippen molar-refractivity contribution in [1.29, 1.82) is 0 Å². The second-order valence-electron chi connectivity index (χ2n) is 6.85. The van der Waals surface area contributed by atoms with Gasteiger partial charge in [-0.2, -0.15) is 0 Å². The van der Waals surface area contributed by atoms with Crippen molar-refractivity contribution >= 4 is 17.6 Å². The van der Waals surface area contributed by atoms with E-state index in [9.17, 15) is 19.7 Å². The molecule has 2 aromatic rings. The number of nitrogens with zero attached hydrogens (tertiary/aromatic N) is 1. The van der Waals surface area contributed by atoms with Crippen molar-refractivity contribution in [2.45, 2.75) is 32.1 Å². The minimum Gasteiger partial charge on any atom is -0.450 e. The molecule has 0 bridgehead atoms. The molecule has 1 amide bonds. The van der Waals surface area contributed by atoms with Crippen LogP contribution < -0.4 is 5.32 Å². The normalized spacial score (nSPS) is 14.4. The van der Waals surface area contributed by atoms with Crippen LogP contribution >= 0.6 is 0 Å². The fraction of sp³-hybridized carbons (Fsp3) is 0.400. The summed E-state index contributed by atoms with van der Waals surface area (Å²) in [5.41, 5.74) is 0.559. The SMILES string of the molecule is O=C(COC(=O)c1ccc(-c2ccc([N+](=O)[O-])cc2)o1)NCC1CCCCC1. The Hall–Kier alpha value is -3.16. The number of hydrogen-bond donors (Lipinski definition) is 1. The van der Waals surface area contributed by atoms with Gasteiger partial charge >= 0.3 is 5.97 Å². The van der Waals surface area contributed by atoms with E-state index in [-0.39, 0.29) is 24.0 Å². The number of nitro benzene ring substituents is 1. The molecule has 0 spiro atoms. The van der Waals surface area contributed by atoms with Gasteiger partial charge in [-0.25, -0.2) is 4.79 Å². The average Bonchev–Trinajstić information content (AvgIpc) is 3.21. The highest BCUT2D eigenvalue weighted by atomic mass is 16.6. The van der Waals surface area contributed by atoms with Crippen LogP contribution in [0.1, 0.15) is 42.7 Å². The third kappa shape index (κ3) is 5.18. The molecular weight excluding hydrogens is 364 g/mol. The van der Waals surface area contributed by atoms with E-state index >= 15 is 0 Å². The average molecular weight is 386 g/mol. The lowest BCUT2D eigenvalue weighted by Crippen LogP contribution is -2.33. The molecule has 28 heavy (non-hydrogen) atoms. The van der Waals surface area contributed by atoms with Gasteiger partial charge in [0.05, 0.1) is 4.92 Å². The molecule has 1 N–H and O–H groups in total. The lowest BCUT2D eigenvalue weighted by atomic mass is 9.89. The number of furan rings is 1. The fourth-order valence-electron chi connectivity index (χ4n) is 3.25. The van der Waals surface area contributed by atoms with Gasteiger partial charge in [-0.15, -0.1) is 0 Å². The molecule has 0 unspecified atom stereocenters. The lowest BCUT2D eigenvalue weighted by molar-refractivity contribution is -0.384. The Kier molecular flexibility index (Phi) is 6.41. The molecule has 0 saturated heterocycles. The highest BCUT2D eigenvalue weighted by Crippen LogP contribution is 2.25. The maximum Gasteiger partial charge on any atom is 0.374 e. The number of ether oxygens (including phenoxy) is 1. The molecule has 1 aromatic heterocycles. The van der Waals surface area contributed by atoms with Crippen LogP contribution in [-0.4, -0.2) is 30.0 Å². The molecule has 1 aliphatic rings. The van der Waals surface area contributed by atoms with E-state index in [1.165, 1.54) is 49.6 Å². The Bertz CT molecular complexity index is 837. The molecule has 0 radical (unpaired) electrons. The Balaban J connectivity index is 1.48. The molecular formula is C20H22N2O6. The van der Waals surface area contributed by atoms with Gasteiger partial charge in [0.1, 0.15) is 5.76 Å². The summed E-state index contributed by atoms with van der Waals surface area (Å²) in [6.45, 7) is 0.251. The third-order valence-corrected chi connectivity index (χ3v) is 4.82. The highest BCUT2D eigenvalue weighted by molar-refractivity contribution is 5.89. The monoisotopic (exact) mass is 386 g/mol. The molecule has 1 heterocycles. The van der Waals surface area contributed by atoms with E-state index in [1.807, 2.05) is 0 Å². The van der Waals surface area contributed by atoms with Crippen molar-refractivity contribution < 1.29 is 23.7 Å². The van der Waals surface area contributed by atoms with Crippen LogP contribution in [-0.2, 0) is 9.53 Å². The van der Waals surface area contributed by atoms with Crippen molar-refractivity contribution in [2.75, 3.05) is 13.2 Å². The Morgan fingerprint density at radius 3 is 2.50 bits per heavy atom. The Morgan fingerprint density at radius 2 is 1.82 bits per heavy atom. The summed E-state index contributed by atoms with van der Waals surface area (Å²) in [6, 6.07) is 8.79. The lowest BCUT2D eigenvalue weighted by Gasteiger charge is -2.21. The van der Waals surface area contributed by atoms with E-state index in [0.29, 0.717) is 23.8 Å². The minimum absolute atomic E-state index is 0.0332. The van der Waals surface area contributed by atoms with Crippen molar-refractivity contribution in [2.24, 2.45) is 5.92 Å². The summed E-state index contributed by atoms with van der Waals surface area (Å²) in [5, 5.41) is 13.5. The first-order valence-electron chi connectivity index (χ1n) is 9.31. The van der Waals surface area contributed by atoms with Gasteiger partial charge in [-0.05, 0) is 43.0 Å². The van der Waals surface area contributed by atoms with E-state index in [2.05, 4.69) is 5.32 Å². The minimum atomic E-state index is -0.735. The van der Waals surface area contributed by atoms with Crippen molar-refractivity contribution in [3.05, 3.63) is 52.3 Å². The summed E-state index contributed by atoms with van der Waals surface area (Å²) < 4.78 is 10.4. The second kappa shape index (κ2) is 9.16. The van der Waals surface area contributed by atoms with Crippen molar-refractivity contribution in [3.8, 4) is 11.3 Å². The highest BCUT2D eigenvalue weighted by Gasteiger charge is 2.17. The maximum absolute atomic E-state index is 12.1. The Morgan fingerprint density at radius 1 is 1.11 bits per heavy atom. The van der Waals surface area contributed by atoms with E-state index in [1.54, 1.807) is 6.07 Å². The smallest absolute Gasteiger partial charge is 0.374 e. The molecule has 8 nitrogen and oxygen atoms in total. The first kappa shape index (κ1) is 19.6. The molecule has 8 heteroatoms. The largest absolute Gasteiger partial charge is 0.450 e. The number of nitrogens with one attached hydrogen (secondary N) is 1. The number of carbonyl (C=O) groups is 2. The van der Waals surface area contributed by atoms with Gasteiger partial charge in [0.25, 0.3) is 11.6 Å². The van der Waals surface area contributed by atoms with Gasteiger partial charge in [0.15, 0.2) is 6.61 Å². The summed E-state index contributed by atoms with van der Waals surface area (Å²) in [4.78, 5) is 34.1. The number of non-ortho nitro benzene ring substituents is 1. The standard InChI is InChI=1S/C20H22N2O6/c23-19(21-12-14-4-2-1-3-5-14)13-27-20(24)18-11-10-17(28-18)15-6-8-16(9-7-15)22(25)26/h6-11,14H,1-5,12-13H2,(H,21,23). The topological polar surface area (TPSA) is 112 Å². The molecule has 0 aliphatic heterocycles. The zero-order valence-corrected chi connectivity index (χ0v) is 15.4. The predicted molar refractivity (Wildman–Crippen MR) is 101 cm³/mol. The van der Waals surface area contributed by atoms with E-state index < -0.39 is 10.9 Å². The van der Waals surface area contributed by atoms with Gasteiger partial charge in [0, 0.05) is 24.2 Å². The maximum atomic E-state index is 12.1. The fourth-order valence-corrected chi connectivity index (χ4v) is 3.25. The van der Waals surface area contributed by atoms with Crippen LogP contribution in [0.3, 0.4) is 0 Å². The number of amides is 1. The number of carbonyl (C=O) groups excluding carboxylic acids is 2. The summed E-state index contributed by atoms with van der Waals surface area (Å²) in [6.07, 6.45) is 5.90. The molecule has 0 atom stereocenters. The molecule has 1 fully saturated rings. The van der Waals surface area contributed by atoms with Gasteiger partial charge in [-0.1, -0.05) is 19.3 Å². The van der Waals surface area contributed by atoms with Gasteiger partial charge in [0.2, 0.25) is 5.76 Å². The van der Waals surface area contributed by atoms with Gasteiger partial charge < -0.3 is 14.5 Å². The number of esters is 1. The zero-order chi connectivity index (χ0) is 19.9. The number of benzene rings is 1. The molecule has 148 valence electrons. The van der Waals surface area contributed by atoms with Crippen LogP contribution in [0, 0.1) is 16.0 Å². The van der Waals surface area contributed by atoms with Gasteiger partial charge in [-0.3, -0.25) is 14.9 Å². The molecule has 3 rings (SSSR count). The van der Waals surface area contributed by atoms with Crippen molar-refractivity contribution in [1.82, 2.24) is 5.32 Å². The van der Waals surface area contributed by atoms with E-state index in [4.69, 9.17) is 9.15 Å². The number of hydrogen-bond acceptors (Lipinski definition) is 6. The summed E-state index contributed by atoms with van der Waals surface area (Å²) in [5.74, 6) is -0.221. The first-order valence-corrected chi connectivity index (χ1v) is 9.31. The van der Waals surface area contributed by atoms with E-state index in [0.717, 1.165) is 12.8 Å². The molecule has 1 aromatic carbocycles. The zero-order valence-electron chi connectivity index (χ0n) is 15.4. The van der Waals surface area contributed by atoms with Crippen molar-refractivity contribution in [3.63, 3.8) is 0 Å². The van der Waals surface area contributed by atoms with Crippen LogP contribution in [0.15, 0.2) is 40.8 Å². The van der Waals surface area contributed by atoms with Crippen LogP contribution in [0.2, 0.25) is 0 Å². The number of rotatable bonds is 7. The second-order valence-corrected chi connectivity index (χ2v) is 6.85. The Labute approximate surface area is 162 Å². The van der Waals surface area contributed by atoms with Crippen LogP contribution in [0.5, 0.6) is 0 Å².